The summed E-state index contributed by atoms with van der Waals surface area (Å²) in [6, 6.07) is -12.9. The van der Waals surface area contributed by atoms with Gasteiger partial charge < -0.3 is 87.1 Å². The van der Waals surface area contributed by atoms with Gasteiger partial charge in [-0.2, -0.15) is 0 Å². The number of unbranched alkanes of at least 4 members (excludes halogenated alkanes) is 2. The van der Waals surface area contributed by atoms with E-state index in [2.05, 4.69) is 6.92 Å². The number of hydrogen-bond donors (Lipinski definition) is 14. The van der Waals surface area contributed by atoms with E-state index in [0.717, 1.165) is 53.2 Å². The number of aromatic hydroxyl groups is 1. The number of rotatable bonds is 14. The molecule has 4 aromatic carbocycles. The number of aliphatic hydroxyl groups excluding tert-OH is 4. The number of hydrogen-bond acceptors (Lipinski definition) is 17. The van der Waals surface area contributed by atoms with E-state index in [4.69, 9.17) is 25.3 Å². The van der Waals surface area contributed by atoms with Gasteiger partial charge in [0.05, 0.1) is 50.2 Å². The molecule has 24 nitrogen and oxygen atoms in total. The fraction of sp³-hybridized carbons (Fsp3) is 0.466. The summed E-state index contributed by atoms with van der Waals surface area (Å²) in [5.41, 5.74) is 0.00857. The Balaban J connectivity index is 1.42. The number of amides is 7. The maximum absolute atomic E-state index is 15.5. The zero-order valence-corrected chi connectivity index (χ0v) is 43.9. The second kappa shape index (κ2) is 27.5. The number of nitrogens with one attached hydrogen (secondary N) is 5. The van der Waals surface area contributed by atoms with Crippen molar-refractivity contribution in [3.63, 3.8) is 0 Å². The molecule has 24 heteroatoms. The topological polar surface area (TPSA) is 377 Å². The number of fused-ring (bicyclic) bond motifs is 2. The minimum atomic E-state index is -5.35. The highest BCUT2D eigenvalue weighted by atomic mass is 16.5. The van der Waals surface area contributed by atoms with Crippen LogP contribution in [0.2, 0.25) is 0 Å². The second-order valence-corrected chi connectivity index (χ2v) is 19.0. The number of phenols is 1. The summed E-state index contributed by atoms with van der Waals surface area (Å²) in [6.45, 7) is -6.18. The molecule has 0 spiro atoms. The molecule has 442 valence electrons. The summed E-state index contributed by atoms with van der Waals surface area (Å²) in [5.74, 6) is -19.4. The van der Waals surface area contributed by atoms with Crippen molar-refractivity contribution in [1.29, 1.82) is 0 Å². The summed E-state index contributed by atoms with van der Waals surface area (Å²) >= 11 is 0. The predicted molar refractivity (Wildman–Crippen MR) is 293 cm³/mol. The van der Waals surface area contributed by atoms with Crippen molar-refractivity contribution in [2.24, 2.45) is 5.92 Å². The summed E-state index contributed by atoms with van der Waals surface area (Å²) in [7, 11) is 0. The third kappa shape index (κ3) is 14.7. The van der Waals surface area contributed by atoms with Crippen LogP contribution in [0.25, 0.3) is 22.3 Å². The molecule has 0 bridgehead atoms. The van der Waals surface area contributed by atoms with Gasteiger partial charge in [0.15, 0.2) is 6.23 Å². The fourth-order valence-electron chi connectivity index (χ4n) is 8.58. The van der Waals surface area contributed by atoms with E-state index in [1.807, 2.05) is 12.1 Å². The van der Waals surface area contributed by atoms with Crippen LogP contribution >= 0.6 is 0 Å². The lowest BCUT2D eigenvalue weighted by molar-refractivity contribution is -0.148. The maximum atomic E-state index is 15.5. The molecule has 3 aliphatic heterocycles. The molecule has 7 rings (SSSR count). The number of carbonyl (C=O) groups excluding carboxylic acids is 7. The van der Waals surface area contributed by atoms with Crippen molar-refractivity contribution in [3.8, 4) is 33.8 Å². The van der Waals surface area contributed by atoms with E-state index in [1.54, 1.807) is 47.0 Å². The summed E-state index contributed by atoms with van der Waals surface area (Å²) in [6.07, 6.45) is -35.1. The molecule has 82 heavy (non-hydrogen) atoms. The van der Waals surface area contributed by atoms with Gasteiger partial charge in [-0.15, -0.1) is 0 Å². The summed E-state index contributed by atoms with van der Waals surface area (Å²) < 4.78 is 172. The third-order valence-electron chi connectivity index (χ3n) is 13.1. The Morgan fingerprint density at radius 2 is 1.37 bits per heavy atom. The first-order valence-corrected chi connectivity index (χ1v) is 25.3. The van der Waals surface area contributed by atoms with E-state index >= 15 is 19.2 Å². The number of carbonyl (C=O) groups is 7. The van der Waals surface area contributed by atoms with Crippen molar-refractivity contribution in [2.45, 2.75) is 145 Å². The maximum Gasteiger partial charge on any atom is 0.251 e. The molecular weight excluding hydrogens is 1070 g/mol. The minimum Gasteiger partial charge on any atom is -0.508 e. The lowest BCUT2D eigenvalue weighted by Gasteiger charge is -2.34. The monoisotopic (exact) mass is 1160 g/mol. The van der Waals surface area contributed by atoms with Gasteiger partial charge in [-0.05, 0) is 84.4 Å². The van der Waals surface area contributed by atoms with Gasteiger partial charge in [0.1, 0.15) is 65.9 Å². The van der Waals surface area contributed by atoms with Crippen LogP contribution < -0.4 is 31.3 Å². The molecule has 15 atom stereocenters. The normalized spacial score (nSPS) is 37.9. The van der Waals surface area contributed by atoms with Crippen molar-refractivity contribution in [3.05, 3.63) is 108 Å². The van der Waals surface area contributed by atoms with Gasteiger partial charge in [0.25, 0.3) is 5.91 Å². The third-order valence-corrected chi connectivity index (χ3v) is 13.1. The number of ether oxygens (including phenoxy) is 1. The van der Waals surface area contributed by atoms with Crippen molar-refractivity contribution in [1.82, 2.24) is 36.4 Å². The van der Waals surface area contributed by atoms with Gasteiger partial charge in [-0.25, -0.2) is 0 Å². The van der Waals surface area contributed by atoms with Crippen molar-refractivity contribution in [2.75, 3.05) is 19.6 Å². The second-order valence-electron chi connectivity index (χ2n) is 19.0. The molecule has 0 radical (unpaired) electrons. The molecule has 3 heterocycles. The Morgan fingerprint density at radius 3 is 1.95 bits per heavy atom. The molecule has 0 aliphatic carbocycles. The molecule has 0 aromatic heterocycles. The van der Waals surface area contributed by atoms with Gasteiger partial charge in [-0.1, -0.05) is 87.3 Å². The van der Waals surface area contributed by atoms with E-state index in [1.165, 1.54) is 24.4 Å². The average Bonchev–Trinajstić information content (AvgIpc) is 1.51. The predicted octanol–water partition coefficient (Wildman–Crippen LogP) is -0.927. The first kappa shape index (κ1) is 40.6. The van der Waals surface area contributed by atoms with Gasteiger partial charge in [0.2, 0.25) is 35.4 Å². The molecule has 3 fully saturated rings. The van der Waals surface area contributed by atoms with Crippen LogP contribution in [0.4, 0.5) is 0 Å². The van der Waals surface area contributed by atoms with Crippen LogP contribution in [-0.4, -0.2) is 196 Å². The molecule has 7 amide bonds. The molecule has 4 aromatic rings. The quantitative estimate of drug-likeness (QED) is 0.0679. The molecule has 0 saturated carbocycles. The van der Waals surface area contributed by atoms with Crippen LogP contribution in [0.1, 0.15) is 108 Å². The Bertz CT molecular complexity index is 3850. The Hall–Kier alpha value is -7.55. The van der Waals surface area contributed by atoms with Crippen LogP contribution in [0.3, 0.4) is 0 Å². The van der Waals surface area contributed by atoms with Crippen LogP contribution in [-0.2, 0) is 28.8 Å². The fourth-order valence-corrected chi connectivity index (χ4v) is 8.58. The number of aliphatic hydroxyl groups is 8. The van der Waals surface area contributed by atoms with E-state index < -0.39 is 211 Å². The molecule has 1 unspecified atom stereocenters. The molecule has 14 N–H and O–H groups in total. The zero-order valence-electron chi connectivity index (χ0n) is 62.9. The Labute approximate surface area is 499 Å². The zero-order chi connectivity index (χ0) is 76.6. The van der Waals surface area contributed by atoms with Crippen LogP contribution in [0.15, 0.2) is 97.0 Å². The van der Waals surface area contributed by atoms with Gasteiger partial charge in [-0.3, -0.25) is 33.6 Å². The van der Waals surface area contributed by atoms with Crippen LogP contribution in [0, 0.1) is 5.92 Å². The average molecular weight is 1160 g/mol. The highest BCUT2D eigenvalue weighted by Crippen LogP contribution is 2.30. The first-order chi connectivity index (χ1) is 46.2. The van der Waals surface area contributed by atoms with E-state index in [0.29, 0.717) is 35.3 Å². The van der Waals surface area contributed by atoms with E-state index in [9.17, 15) is 65.8 Å². The largest absolute Gasteiger partial charge is 0.508 e. The number of phenolic OH excluding ortho intramolecular Hbond substituents is 1. The summed E-state index contributed by atoms with van der Waals surface area (Å²) in [4.78, 5) is 103. The summed E-state index contributed by atoms with van der Waals surface area (Å²) in [5, 5.41) is 110. The lowest BCUT2D eigenvalue weighted by atomic mass is 9.96. The standard InChI is InChI=1S/C58H73N7O17/c1-5-6-7-24-82-40-22-18-35(19-23-40)33-10-8-32(9-11-33)34-12-14-37(15-13-34)51(74)59-41-26-43(70)54(77)63-56(79)47-48(71)29(2)27-65(47)58(81)45(31(4)67)61-55(78)46(50(73)49(72)36-16-20-38(68)21-17-36)62-53(76)42-25-39(69)28-64(42)57(80)44(30(3)66)60-52(41)75/h8-23,29-31,39,41-50,54,66-73,77H,5-7,24-28H2,1-4H3,(H,59,74)(H,60,75)(H,61,78)(H,62,76)(H,63,79)/t29-,30+,31+,39+,41-,42-,43+,44-,45?,46+,47-,48-,49-,50-,54+/m0/s1/i3D3,16D,17D,20D,21D,25D2,28D2,30D,39D,41D,42D,44D,46D,49D,50D. The highest BCUT2D eigenvalue weighted by Gasteiger charge is 2.50. The Kier molecular flexibility index (Phi) is 13.6. The highest BCUT2D eigenvalue weighted by molar-refractivity contribution is 6.00. The minimum absolute atomic E-state index is 0.324. The SMILES string of the molecule is [2H]c1c([2H])c([C@]([2H])(O)[C@@]([2H])(O)[C@@]2([2H])NC(=O)[C@@]3([2H])N(C(=O)[C@]([2H])([C@]([2H])(O)C([2H])([2H])[2H])NC(=O)[C@@]([2H])(NC(=O)c4ccc(-c5ccc(-c6ccc(OCCCCC)cc6)cc5)cc4)C[C@@H](O)[C@@H](O)NC(=O)[C@@H]4[C@@H](O)[C@@H](C)CN4C(=O)C([C@@H](C)O)NC2=O)C([2H])([2H])[C@]([2H])(O)C3([2H])[2H])c([2H])c([2H])c1O. The molecule has 3 saturated heterocycles. The van der Waals surface area contributed by atoms with Gasteiger partial charge in [0, 0.05) is 44.2 Å². The first-order valence-electron chi connectivity index (χ1n) is 34.8. The number of nitrogens with zero attached hydrogens (tertiary/aromatic N) is 2. The van der Waals surface area contributed by atoms with Crippen molar-refractivity contribution >= 4 is 41.4 Å². The smallest absolute Gasteiger partial charge is 0.251 e. The van der Waals surface area contributed by atoms with Crippen molar-refractivity contribution < 1.29 is 110 Å². The molecule has 3 aliphatic rings. The molecular formula is C58H73N7O17. The van der Waals surface area contributed by atoms with E-state index in [-0.39, 0.29) is 0 Å². The Morgan fingerprint density at radius 1 is 0.780 bits per heavy atom. The lowest BCUT2D eigenvalue weighted by Crippen LogP contribution is -2.64. The number of benzene rings is 4. The van der Waals surface area contributed by atoms with Gasteiger partial charge >= 0.3 is 0 Å². The van der Waals surface area contributed by atoms with Crippen LogP contribution in [0.5, 0.6) is 11.5 Å².